The zero-order valence-corrected chi connectivity index (χ0v) is 17.1. The highest BCUT2D eigenvalue weighted by Crippen LogP contribution is 2.52. The summed E-state index contributed by atoms with van der Waals surface area (Å²) in [4.78, 5) is 6.41. The van der Waals surface area contributed by atoms with Crippen LogP contribution >= 0.6 is 11.6 Å². The summed E-state index contributed by atoms with van der Waals surface area (Å²) in [6.07, 6.45) is -3.29. The molecule has 2 N–H and O–H groups in total. The minimum Gasteiger partial charge on any atom is -0.354 e. The van der Waals surface area contributed by atoms with E-state index in [0.29, 0.717) is 31.1 Å². The van der Waals surface area contributed by atoms with Gasteiger partial charge in [-0.3, -0.25) is 0 Å². The molecule has 1 saturated heterocycles. The number of nitrogens with zero attached hydrogens (tertiary/aromatic N) is 5. The van der Waals surface area contributed by atoms with Gasteiger partial charge in [0.15, 0.2) is 5.82 Å². The SMILES string of the molecule is Cc1cc(Cl)n2ncnc(N3CC4(CC(N(CCC(F)(F)F)S(N)(=O)=O)C4)C3)c12. The van der Waals surface area contributed by atoms with Gasteiger partial charge in [-0.15, -0.1) is 0 Å². The fourth-order valence-corrected chi connectivity index (χ4v) is 5.66. The maximum atomic E-state index is 12.5. The van der Waals surface area contributed by atoms with E-state index in [2.05, 4.69) is 10.1 Å². The van der Waals surface area contributed by atoms with Crippen LogP contribution in [-0.2, 0) is 10.2 Å². The lowest BCUT2D eigenvalue weighted by atomic mass is 9.60. The van der Waals surface area contributed by atoms with E-state index in [1.165, 1.54) is 6.33 Å². The smallest absolute Gasteiger partial charge is 0.354 e. The summed E-state index contributed by atoms with van der Waals surface area (Å²) < 4.78 is 63.5. The molecule has 8 nitrogen and oxygen atoms in total. The van der Waals surface area contributed by atoms with E-state index in [4.69, 9.17) is 16.7 Å². The molecule has 4 rings (SSSR count). The largest absolute Gasteiger partial charge is 0.390 e. The lowest BCUT2D eigenvalue weighted by Crippen LogP contribution is -2.68. The van der Waals surface area contributed by atoms with Crippen LogP contribution in [0.5, 0.6) is 0 Å². The minimum absolute atomic E-state index is 0.141. The Balaban J connectivity index is 1.44. The molecule has 1 aliphatic heterocycles. The summed E-state index contributed by atoms with van der Waals surface area (Å²) in [5, 5.41) is 9.78. The Morgan fingerprint density at radius 2 is 2.03 bits per heavy atom. The van der Waals surface area contributed by atoms with Crippen LogP contribution in [0.25, 0.3) is 5.52 Å². The van der Waals surface area contributed by atoms with Crippen molar-refractivity contribution in [3.8, 4) is 0 Å². The molecule has 2 aliphatic rings. The second kappa shape index (κ2) is 6.69. The van der Waals surface area contributed by atoms with Gasteiger partial charge in [0, 0.05) is 31.1 Å². The molecule has 3 heterocycles. The fraction of sp³-hybridized carbons (Fsp3) is 0.625. The molecule has 0 radical (unpaired) electrons. The number of anilines is 1. The van der Waals surface area contributed by atoms with Gasteiger partial charge >= 0.3 is 6.18 Å². The number of aromatic nitrogens is 3. The topological polar surface area (TPSA) is 96.8 Å². The van der Waals surface area contributed by atoms with E-state index < -0.39 is 35.4 Å². The van der Waals surface area contributed by atoms with E-state index in [-0.39, 0.29) is 5.41 Å². The van der Waals surface area contributed by atoms with Gasteiger partial charge in [0.1, 0.15) is 17.0 Å². The molecule has 0 unspecified atom stereocenters. The third-order valence-corrected chi connectivity index (χ3v) is 7.13. The van der Waals surface area contributed by atoms with Crippen molar-refractivity contribution < 1.29 is 21.6 Å². The number of aryl methyl sites for hydroxylation is 1. The molecular formula is C16H20ClF3N6O2S. The third-order valence-electron chi connectivity index (χ3n) is 5.72. The van der Waals surface area contributed by atoms with Crippen molar-refractivity contribution in [1.82, 2.24) is 18.9 Å². The number of halogens is 4. The van der Waals surface area contributed by atoms with E-state index in [0.717, 1.165) is 21.2 Å². The lowest BCUT2D eigenvalue weighted by molar-refractivity contribution is -0.138. The van der Waals surface area contributed by atoms with E-state index in [9.17, 15) is 21.6 Å². The molecule has 29 heavy (non-hydrogen) atoms. The summed E-state index contributed by atoms with van der Waals surface area (Å²) in [6.45, 7) is 2.53. The van der Waals surface area contributed by atoms with Gasteiger partial charge in [-0.25, -0.2) is 14.6 Å². The molecule has 13 heteroatoms. The monoisotopic (exact) mass is 452 g/mol. The van der Waals surface area contributed by atoms with Crippen molar-refractivity contribution in [2.24, 2.45) is 10.6 Å². The highest BCUT2D eigenvalue weighted by atomic mass is 35.5. The summed E-state index contributed by atoms with van der Waals surface area (Å²) in [7, 11) is -4.20. The number of nitrogens with two attached hydrogens (primary N) is 1. The molecule has 1 spiro atoms. The van der Waals surface area contributed by atoms with Crippen LogP contribution in [0.1, 0.15) is 24.8 Å². The maximum Gasteiger partial charge on any atom is 0.390 e. The maximum absolute atomic E-state index is 12.5. The van der Waals surface area contributed by atoms with Crippen LogP contribution in [0.15, 0.2) is 12.4 Å². The van der Waals surface area contributed by atoms with Gasteiger partial charge in [0.2, 0.25) is 0 Å². The molecule has 2 aromatic rings. The summed E-state index contributed by atoms with van der Waals surface area (Å²) in [5.41, 5.74) is 1.60. The van der Waals surface area contributed by atoms with Gasteiger partial charge in [0.05, 0.1) is 6.42 Å². The number of rotatable bonds is 5. The Hall–Kier alpha value is -1.63. The van der Waals surface area contributed by atoms with Crippen LogP contribution < -0.4 is 10.0 Å². The third kappa shape index (κ3) is 3.78. The average molecular weight is 453 g/mol. The van der Waals surface area contributed by atoms with Crippen molar-refractivity contribution in [3.63, 3.8) is 0 Å². The van der Waals surface area contributed by atoms with Gasteiger partial charge in [-0.1, -0.05) is 11.6 Å². The van der Waals surface area contributed by atoms with Crippen LogP contribution in [0.4, 0.5) is 19.0 Å². The van der Waals surface area contributed by atoms with Gasteiger partial charge < -0.3 is 4.90 Å². The Labute approximate surface area is 170 Å². The standard InChI is InChI=1S/C16H20ClF3N6O2S/c1-10-4-12(17)26-13(10)14(22-9-23-26)24-7-15(8-24)5-11(6-15)25(29(21,27)28)3-2-16(18,19)20/h4,9,11H,2-3,5-8H2,1H3,(H2,21,27,28). The summed E-state index contributed by atoms with van der Waals surface area (Å²) in [6, 6.07) is 1.29. The second-order valence-electron chi connectivity index (χ2n) is 7.93. The molecule has 160 valence electrons. The first-order chi connectivity index (χ1) is 13.4. The zero-order chi connectivity index (χ0) is 21.2. The molecule has 1 saturated carbocycles. The molecule has 0 amide bonds. The first-order valence-electron chi connectivity index (χ1n) is 8.99. The average Bonchev–Trinajstić information content (AvgIpc) is 2.80. The fourth-order valence-electron chi connectivity index (χ4n) is 4.46. The Kier molecular flexibility index (Phi) is 4.76. The molecule has 2 aromatic heterocycles. The van der Waals surface area contributed by atoms with Crippen LogP contribution in [0.2, 0.25) is 5.15 Å². The summed E-state index contributed by atoms with van der Waals surface area (Å²) >= 11 is 6.17. The predicted molar refractivity (Wildman–Crippen MR) is 101 cm³/mol. The molecular weight excluding hydrogens is 433 g/mol. The van der Waals surface area contributed by atoms with Crippen molar-refractivity contribution >= 4 is 33.1 Å². The quantitative estimate of drug-likeness (QED) is 0.749. The van der Waals surface area contributed by atoms with Crippen LogP contribution in [0, 0.1) is 12.3 Å². The van der Waals surface area contributed by atoms with Crippen molar-refractivity contribution in [1.29, 1.82) is 0 Å². The first-order valence-corrected chi connectivity index (χ1v) is 10.9. The Morgan fingerprint density at radius 1 is 1.38 bits per heavy atom. The first kappa shape index (κ1) is 20.6. The Morgan fingerprint density at radius 3 is 2.62 bits per heavy atom. The molecule has 0 bridgehead atoms. The highest BCUT2D eigenvalue weighted by molar-refractivity contribution is 7.86. The van der Waals surface area contributed by atoms with Gasteiger partial charge in [-0.05, 0) is 31.4 Å². The molecule has 0 atom stereocenters. The van der Waals surface area contributed by atoms with Crippen molar-refractivity contribution in [2.75, 3.05) is 24.5 Å². The lowest BCUT2D eigenvalue weighted by Gasteiger charge is -2.60. The van der Waals surface area contributed by atoms with E-state index >= 15 is 0 Å². The van der Waals surface area contributed by atoms with E-state index in [1.807, 2.05) is 11.8 Å². The number of alkyl halides is 3. The Bertz CT molecular complexity index is 1040. The zero-order valence-electron chi connectivity index (χ0n) is 15.5. The predicted octanol–water partition coefficient (Wildman–Crippen LogP) is 2.12. The van der Waals surface area contributed by atoms with Crippen LogP contribution in [-0.4, -0.2) is 59.2 Å². The molecule has 1 aliphatic carbocycles. The highest BCUT2D eigenvalue weighted by Gasteiger charge is 2.56. The minimum atomic E-state index is -4.44. The van der Waals surface area contributed by atoms with Crippen molar-refractivity contribution in [2.45, 2.75) is 38.4 Å². The van der Waals surface area contributed by atoms with Gasteiger partial charge in [-0.2, -0.15) is 31.0 Å². The normalized spacial score (nSPS) is 19.8. The number of hydrogen-bond acceptors (Lipinski definition) is 5. The summed E-state index contributed by atoms with van der Waals surface area (Å²) in [5.74, 6) is 0.735. The molecule has 0 aromatic carbocycles. The van der Waals surface area contributed by atoms with Gasteiger partial charge in [0.25, 0.3) is 10.2 Å². The molecule has 2 fully saturated rings. The second-order valence-corrected chi connectivity index (χ2v) is 9.82. The number of fused-ring (bicyclic) bond motifs is 1. The number of hydrogen-bond donors (Lipinski definition) is 1. The van der Waals surface area contributed by atoms with Crippen LogP contribution in [0.3, 0.4) is 0 Å². The van der Waals surface area contributed by atoms with Crippen molar-refractivity contribution in [3.05, 3.63) is 23.1 Å². The van der Waals surface area contributed by atoms with E-state index in [1.54, 1.807) is 10.6 Å².